The monoisotopic (exact) mass is 284 g/mol. The molecule has 1 N–H and O–H groups in total. The van der Waals surface area contributed by atoms with Crippen molar-refractivity contribution in [2.45, 2.75) is 19.3 Å². The van der Waals surface area contributed by atoms with Gasteiger partial charge in [-0.05, 0) is 43.5 Å². The van der Waals surface area contributed by atoms with E-state index in [1.807, 2.05) is 24.3 Å². The molecule has 1 aromatic rings. The second-order valence-electron chi connectivity index (χ2n) is 4.98. The maximum atomic E-state index is 5.81. The van der Waals surface area contributed by atoms with Gasteiger partial charge in [0.25, 0.3) is 0 Å². The number of likely N-dealkylation sites (tertiary alicyclic amines) is 1. The number of hydrogen-bond acceptors (Lipinski definition) is 2. The van der Waals surface area contributed by atoms with Crippen molar-refractivity contribution in [3.8, 4) is 5.75 Å². The molecule has 1 saturated heterocycles. The normalized spacial score (nSPS) is 16.5. The van der Waals surface area contributed by atoms with Gasteiger partial charge < -0.3 is 14.4 Å². The largest absolute Gasteiger partial charge is 0.491 e. The standard InChI is InChI=1S/C15H22ClNO2/c16-14-4-6-15(7-5-14)19-13-12-18-11-10-17-8-2-1-3-9-17/h4-7H,1-3,8-13H2/p+1. The van der Waals surface area contributed by atoms with Gasteiger partial charge >= 0.3 is 0 Å². The van der Waals surface area contributed by atoms with E-state index in [-0.39, 0.29) is 0 Å². The Morgan fingerprint density at radius 2 is 1.68 bits per heavy atom. The van der Waals surface area contributed by atoms with E-state index < -0.39 is 0 Å². The Morgan fingerprint density at radius 3 is 2.42 bits per heavy atom. The van der Waals surface area contributed by atoms with E-state index in [4.69, 9.17) is 21.1 Å². The summed E-state index contributed by atoms with van der Waals surface area (Å²) < 4.78 is 11.2. The van der Waals surface area contributed by atoms with Gasteiger partial charge in [-0.25, -0.2) is 0 Å². The van der Waals surface area contributed by atoms with Gasteiger partial charge in [0.1, 0.15) is 18.9 Å². The summed E-state index contributed by atoms with van der Waals surface area (Å²) >= 11 is 5.81. The third kappa shape index (κ3) is 5.81. The molecule has 0 aliphatic carbocycles. The molecule has 1 aromatic carbocycles. The summed E-state index contributed by atoms with van der Waals surface area (Å²) in [6, 6.07) is 7.41. The fraction of sp³-hybridized carbons (Fsp3) is 0.600. The van der Waals surface area contributed by atoms with E-state index >= 15 is 0 Å². The van der Waals surface area contributed by atoms with Crippen LogP contribution in [0.1, 0.15) is 19.3 Å². The van der Waals surface area contributed by atoms with E-state index in [9.17, 15) is 0 Å². The second-order valence-corrected chi connectivity index (χ2v) is 5.41. The van der Waals surface area contributed by atoms with E-state index in [0.717, 1.165) is 23.9 Å². The molecule has 0 spiro atoms. The summed E-state index contributed by atoms with van der Waals surface area (Å²) in [6.45, 7) is 5.82. The summed E-state index contributed by atoms with van der Waals surface area (Å²) in [5.41, 5.74) is 0. The average molecular weight is 285 g/mol. The lowest BCUT2D eigenvalue weighted by Gasteiger charge is -2.23. The van der Waals surface area contributed by atoms with Crippen LogP contribution in [0.4, 0.5) is 0 Å². The van der Waals surface area contributed by atoms with Crippen LogP contribution in [-0.2, 0) is 4.74 Å². The molecule has 0 radical (unpaired) electrons. The highest BCUT2D eigenvalue weighted by Crippen LogP contribution is 2.15. The predicted octanol–water partition coefficient (Wildman–Crippen LogP) is 1.80. The van der Waals surface area contributed by atoms with Gasteiger partial charge in [-0.2, -0.15) is 0 Å². The lowest BCUT2D eigenvalue weighted by Crippen LogP contribution is -3.13. The molecule has 2 rings (SSSR count). The number of nitrogens with one attached hydrogen (secondary N) is 1. The molecule has 19 heavy (non-hydrogen) atoms. The first-order chi connectivity index (χ1) is 9.34. The van der Waals surface area contributed by atoms with Crippen molar-refractivity contribution in [2.75, 3.05) is 39.5 Å². The quantitative estimate of drug-likeness (QED) is 0.772. The van der Waals surface area contributed by atoms with Crippen LogP contribution in [0.2, 0.25) is 5.02 Å². The Labute approximate surface area is 120 Å². The smallest absolute Gasteiger partial charge is 0.119 e. The van der Waals surface area contributed by atoms with Crippen LogP contribution in [0.3, 0.4) is 0 Å². The third-order valence-corrected chi connectivity index (χ3v) is 3.72. The molecule has 0 aromatic heterocycles. The van der Waals surface area contributed by atoms with Gasteiger partial charge in [0.15, 0.2) is 0 Å². The molecule has 0 saturated carbocycles. The minimum absolute atomic E-state index is 0.594. The number of benzene rings is 1. The summed E-state index contributed by atoms with van der Waals surface area (Å²) in [5.74, 6) is 0.842. The van der Waals surface area contributed by atoms with Crippen LogP contribution in [0, 0.1) is 0 Å². The zero-order valence-corrected chi connectivity index (χ0v) is 12.1. The third-order valence-electron chi connectivity index (χ3n) is 3.47. The molecule has 0 unspecified atom stereocenters. The Morgan fingerprint density at radius 1 is 0.947 bits per heavy atom. The molecule has 1 heterocycles. The summed E-state index contributed by atoms with van der Waals surface area (Å²) in [7, 11) is 0. The van der Waals surface area contributed by atoms with E-state index in [2.05, 4.69) is 0 Å². The molecular weight excluding hydrogens is 262 g/mol. The van der Waals surface area contributed by atoms with E-state index in [0.29, 0.717) is 13.2 Å². The Hall–Kier alpha value is -0.770. The van der Waals surface area contributed by atoms with Crippen LogP contribution in [0.15, 0.2) is 24.3 Å². The maximum absolute atomic E-state index is 5.81. The van der Waals surface area contributed by atoms with Crippen LogP contribution >= 0.6 is 11.6 Å². The summed E-state index contributed by atoms with van der Waals surface area (Å²) in [6.07, 6.45) is 4.14. The number of rotatable bonds is 7. The SMILES string of the molecule is Clc1ccc(OCCOCC[NH+]2CCCCC2)cc1. The number of halogens is 1. The highest BCUT2D eigenvalue weighted by Gasteiger charge is 2.12. The fourth-order valence-corrected chi connectivity index (χ4v) is 2.50. The molecule has 1 fully saturated rings. The Bertz CT molecular complexity index is 350. The van der Waals surface area contributed by atoms with E-state index in [1.165, 1.54) is 32.4 Å². The molecule has 0 amide bonds. The summed E-state index contributed by atoms with van der Waals surface area (Å²) in [5, 5.41) is 0.730. The molecule has 3 nitrogen and oxygen atoms in total. The number of hydrogen-bond donors (Lipinski definition) is 1. The van der Waals surface area contributed by atoms with Crippen molar-refractivity contribution < 1.29 is 14.4 Å². The first kappa shape index (κ1) is 14.6. The minimum atomic E-state index is 0.594. The van der Waals surface area contributed by atoms with Crippen LogP contribution in [0.5, 0.6) is 5.75 Å². The zero-order chi connectivity index (χ0) is 13.3. The van der Waals surface area contributed by atoms with Crippen LogP contribution < -0.4 is 9.64 Å². The predicted molar refractivity (Wildman–Crippen MR) is 77.2 cm³/mol. The highest BCUT2D eigenvalue weighted by atomic mass is 35.5. The maximum Gasteiger partial charge on any atom is 0.119 e. The molecule has 0 atom stereocenters. The zero-order valence-electron chi connectivity index (χ0n) is 11.4. The van der Waals surface area contributed by atoms with Gasteiger partial charge in [0.05, 0.1) is 26.3 Å². The minimum Gasteiger partial charge on any atom is -0.491 e. The van der Waals surface area contributed by atoms with Gasteiger partial charge in [0, 0.05) is 5.02 Å². The van der Waals surface area contributed by atoms with Crippen molar-refractivity contribution in [1.29, 1.82) is 0 Å². The van der Waals surface area contributed by atoms with Gasteiger partial charge in [0.2, 0.25) is 0 Å². The molecule has 0 bridgehead atoms. The molecular formula is C15H23ClNO2+. The Balaban J connectivity index is 1.49. The van der Waals surface area contributed by atoms with Gasteiger partial charge in [-0.15, -0.1) is 0 Å². The lowest BCUT2D eigenvalue weighted by molar-refractivity contribution is -0.905. The topological polar surface area (TPSA) is 22.9 Å². The van der Waals surface area contributed by atoms with Gasteiger partial charge in [-0.1, -0.05) is 11.6 Å². The van der Waals surface area contributed by atoms with Gasteiger partial charge in [-0.3, -0.25) is 0 Å². The van der Waals surface area contributed by atoms with Crippen molar-refractivity contribution in [3.63, 3.8) is 0 Å². The number of quaternary nitrogens is 1. The first-order valence-corrected chi connectivity index (χ1v) is 7.52. The average Bonchev–Trinajstić information content (AvgIpc) is 2.46. The Kier molecular flexibility index (Phi) is 6.48. The lowest BCUT2D eigenvalue weighted by atomic mass is 10.1. The van der Waals surface area contributed by atoms with Crippen molar-refractivity contribution >= 4 is 11.6 Å². The fourth-order valence-electron chi connectivity index (χ4n) is 2.37. The highest BCUT2D eigenvalue weighted by molar-refractivity contribution is 6.30. The molecule has 4 heteroatoms. The van der Waals surface area contributed by atoms with Crippen molar-refractivity contribution in [1.82, 2.24) is 0 Å². The van der Waals surface area contributed by atoms with Crippen LogP contribution in [-0.4, -0.2) is 39.5 Å². The van der Waals surface area contributed by atoms with Crippen molar-refractivity contribution in [3.05, 3.63) is 29.3 Å². The summed E-state index contributed by atoms with van der Waals surface area (Å²) in [4.78, 5) is 1.69. The molecule has 106 valence electrons. The van der Waals surface area contributed by atoms with Crippen LogP contribution in [0.25, 0.3) is 0 Å². The number of ether oxygens (including phenoxy) is 2. The second kappa shape index (κ2) is 8.41. The number of piperidine rings is 1. The van der Waals surface area contributed by atoms with E-state index in [1.54, 1.807) is 4.90 Å². The molecule has 1 aliphatic rings. The van der Waals surface area contributed by atoms with Crippen molar-refractivity contribution in [2.24, 2.45) is 0 Å². The first-order valence-electron chi connectivity index (χ1n) is 7.14. The molecule has 1 aliphatic heterocycles.